The maximum absolute atomic E-state index is 14.2. The molecule has 46 heavy (non-hydrogen) atoms. The third-order valence-electron chi connectivity index (χ3n) is 10.4. The Morgan fingerprint density at radius 2 is 2.02 bits per heavy atom. The summed E-state index contributed by atoms with van der Waals surface area (Å²) in [6.45, 7) is 8.22. The summed E-state index contributed by atoms with van der Waals surface area (Å²) in [7, 11) is 0. The summed E-state index contributed by atoms with van der Waals surface area (Å²) in [6, 6.07) is 3.26. The zero-order valence-electron chi connectivity index (χ0n) is 27.1. The molecule has 0 unspecified atom stereocenters. The lowest BCUT2D eigenvalue weighted by Crippen LogP contribution is -2.58. The molecule has 1 aromatic heterocycles. The molecule has 3 fully saturated rings. The molecule has 10 nitrogen and oxygen atoms in total. The Hall–Kier alpha value is -3.02. The van der Waals surface area contributed by atoms with Crippen LogP contribution in [0.2, 0.25) is 0 Å². The van der Waals surface area contributed by atoms with Crippen molar-refractivity contribution in [3.63, 3.8) is 0 Å². The number of nitrogens with one attached hydrogen (secondary N) is 1. The summed E-state index contributed by atoms with van der Waals surface area (Å²) < 4.78 is 30.9. The van der Waals surface area contributed by atoms with Crippen LogP contribution in [0.1, 0.15) is 76.7 Å². The minimum atomic E-state index is -1.86. The lowest BCUT2D eigenvalue weighted by Gasteiger charge is -2.49. The molecular weight excluding hydrogens is 590 g/mol. The number of esters is 2. The molecule has 1 aromatic rings. The Morgan fingerprint density at radius 1 is 1.20 bits per heavy atom. The van der Waals surface area contributed by atoms with Crippen molar-refractivity contribution < 1.29 is 43.5 Å². The van der Waals surface area contributed by atoms with Gasteiger partial charge in [0.1, 0.15) is 42.1 Å². The number of hydrogen-bond acceptors (Lipinski definition) is 9. The van der Waals surface area contributed by atoms with Crippen LogP contribution < -0.4 is 0 Å². The molecule has 0 saturated carbocycles. The minimum absolute atomic E-state index is 0.00422. The van der Waals surface area contributed by atoms with Crippen molar-refractivity contribution in [1.29, 1.82) is 0 Å². The highest BCUT2D eigenvalue weighted by atomic mass is 16.7. The Balaban J connectivity index is 1.34. The van der Waals surface area contributed by atoms with Crippen molar-refractivity contribution >= 4 is 11.9 Å². The van der Waals surface area contributed by atoms with E-state index < -0.39 is 47.6 Å². The molecule has 0 radical (unpaired) electrons. The van der Waals surface area contributed by atoms with Crippen molar-refractivity contribution in [2.24, 2.45) is 17.8 Å². The second-order valence-corrected chi connectivity index (χ2v) is 13.9. The maximum Gasteiger partial charge on any atom is 0.355 e. The molecular formula is C36H47NO9. The monoisotopic (exact) mass is 637 g/mol. The summed E-state index contributed by atoms with van der Waals surface area (Å²) in [5.41, 5.74) is 0.374. The van der Waals surface area contributed by atoms with Gasteiger partial charge < -0.3 is 38.9 Å². The number of aliphatic hydroxyl groups is 2. The van der Waals surface area contributed by atoms with Crippen LogP contribution in [0.15, 0.2) is 65.4 Å². The summed E-state index contributed by atoms with van der Waals surface area (Å²) in [4.78, 5) is 29.6. The molecule has 6 rings (SSSR count). The molecule has 2 bridgehead atoms. The van der Waals surface area contributed by atoms with Crippen molar-refractivity contribution in [1.82, 2.24) is 4.98 Å². The van der Waals surface area contributed by atoms with Gasteiger partial charge in [0.25, 0.3) is 0 Å². The third-order valence-corrected chi connectivity index (χ3v) is 10.4. The van der Waals surface area contributed by atoms with Gasteiger partial charge >= 0.3 is 11.9 Å². The fourth-order valence-electron chi connectivity index (χ4n) is 7.58. The van der Waals surface area contributed by atoms with E-state index in [-0.39, 0.29) is 42.6 Å². The van der Waals surface area contributed by atoms with E-state index in [0.29, 0.717) is 37.2 Å². The lowest BCUT2D eigenvalue weighted by atomic mass is 9.70. The number of rotatable bonds is 3. The SMILES string of the molecule is C/C1=C\C[C@@H]2C[C@@H](C[C@]3(CC[C@H](C)[C@@H](C)O3)O2)OC(=O)[C@@H]2C=C(COC(=O)c3ccc[nH]3)[C@@H](O)[C@H]3OC/C(=C\C=C\[C@H](C)C1)[C@]32O. The van der Waals surface area contributed by atoms with Crippen LogP contribution >= 0.6 is 0 Å². The number of aromatic amines is 1. The zero-order chi connectivity index (χ0) is 32.6. The second kappa shape index (κ2) is 13.2. The number of carbonyl (C=O) groups is 2. The fourth-order valence-corrected chi connectivity index (χ4v) is 7.58. The zero-order valence-corrected chi connectivity index (χ0v) is 27.1. The standard InChI is InChI=1S/C36H47NO9/c1-21-7-5-8-26-20-42-32-31(38)25(19-43-34(40)30-9-6-14-37-30)16-29(36(26,32)41)33(39)44-28-17-27(11-10-22(2)15-21)46-35(18-28)13-12-23(3)24(4)45-35/h5-10,14,16,21,23-24,27-29,31-32,37-38,41H,11-13,15,17-20H2,1-4H3/b7-5+,22-10+,26-8+/t21-,23-,24+,27+,28-,29-,31+,32+,35-,36+/m0/s1. The molecule has 5 heterocycles. The predicted molar refractivity (Wildman–Crippen MR) is 168 cm³/mol. The van der Waals surface area contributed by atoms with Gasteiger partial charge in [0.2, 0.25) is 0 Å². The van der Waals surface area contributed by atoms with Gasteiger partial charge in [0.05, 0.1) is 18.8 Å². The maximum atomic E-state index is 14.2. The third kappa shape index (κ3) is 6.55. The van der Waals surface area contributed by atoms with E-state index in [9.17, 15) is 19.8 Å². The van der Waals surface area contributed by atoms with Crippen LogP contribution in [-0.4, -0.2) is 82.3 Å². The first kappa shape index (κ1) is 32.9. The van der Waals surface area contributed by atoms with Crippen LogP contribution in [0.5, 0.6) is 0 Å². The van der Waals surface area contributed by atoms with E-state index in [1.807, 2.05) is 6.08 Å². The Bertz CT molecular complexity index is 1410. The van der Waals surface area contributed by atoms with E-state index in [1.54, 1.807) is 24.4 Å². The number of hydrogen-bond donors (Lipinski definition) is 3. The first-order valence-corrected chi connectivity index (χ1v) is 16.6. The van der Waals surface area contributed by atoms with Gasteiger partial charge in [-0.2, -0.15) is 0 Å². The highest BCUT2D eigenvalue weighted by Crippen LogP contribution is 2.47. The molecule has 10 heteroatoms. The summed E-state index contributed by atoms with van der Waals surface area (Å²) in [5, 5.41) is 23.7. The molecule has 250 valence electrons. The van der Waals surface area contributed by atoms with Crippen LogP contribution in [0.25, 0.3) is 0 Å². The number of fused-ring (bicyclic) bond motifs is 2. The molecule has 4 aliphatic heterocycles. The normalized spacial score (nSPS) is 42.9. The van der Waals surface area contributed by atoms with Gasteiger partial charge in [-0.3, -0.25) is 4.79 Å². The molecule has 5 aliphatic rings. The quantitative estimate of drug-likeness (QED) is 0.318. The smallest absolute Gasteiger partial charge is 0.355 e. The predicted octanol–water partition coefficient (Wildman–Crippen LogP) is 4.70. The van der Waals surface area contributed by atoms with Gasteiger partial charge in [0.15, 0.2) is 5.79 Å². The van der Waals surface area contributed by atoms with Crippen LogP contribution in [-0.2, 0) is 28.5 Å². The van der Waals surface area contributed by atoms with E-state index in [1.165, 1.54) is 11.6 Å². The molecule has 3 N–H and O–H groups in total. The van der Waals surface area contributed by atoms with Gasteiger partial charge in [-0.25, -0.2) is 4.79 Å². The molecule has 3 saturated heterocycles. The van der Waals surface area contributed by atoms with E-state index in [0.717, 1.165) is 12.8 Å². The van der Waals surface area contributed by atoms with Crippen LogP contribution in [0.4, 0.5) is 0 Å². The highest BCUT2D eigenvalue weighted by Gasteiger charge is 2.60. The second-order valence-electron chi connectivity index (χ2n) is 13.9. The van der Waals surface area contributed by atoms with E-state index in [2.05, 4.69) is 44.8 Å². The minimum Gasteiger partial charge on any atom is -0.462 e. The Labute approximate surface area is 270 Å². The van der Waals surface area contributed by atoms with Crippen LogP contribution in [0, 0.1) is 17.8 Å². The van der Waals surface area contributed by atoms with Gasteiger partial charge in [-0.05, 0) is 68.2 Å². The van der Waals surface area contributed by atoms with Gasteiger partial charge in [0, 0.05) is 25.5 Å². The highest BCUT2D eigenvalue weighted by molar-refractivity contribution is 5.87. The molecule has 1 aliphatic carbocycles. The summed E-state index contributed by atoms with van der Waals surface area (Å²) in [5.74, 6) is -2.70. The Kier molecular flexibility index (Phi) is 9.47. The topological polar surface area (TPSA) is 137 Å². The first-order chi connectivity index (χ1) is 22.0. The number of aromatic nitrogens is 1. The van der Waals surface area contributed by atoms with Gasteiger partial charge in [-0.1, -0.05) is 49.8 Å². The largest absolute Gasteiger partial charge is 0.462 e. The van der Waals surface area contributed by atoms with Gasteiger partial charge in [-0.15, -0.1) is 0 Å². The van der Waals surface area contributed by atoms with E-state index in [4.69, 9.17) is 23.7 Å². The van der Waals surface area contributed by atoms with Crippen molar-refractivity contribution in [2.75, 3.05) is 13.2 Å². The molecule has 0 amide bonds. The van der Waals surface area contributed by atoms with E-state index >= 15 is 0 Å². The average molecular weight is 638 g/mol. The molecule has 0 aromatic carbocycles. The lowest BCUT2D eigenvalue weighted by molar-refractivity contribution is -0.332. The summed E-state index contributed by atoms with van der Waals surface area (Å²) in [6.07, 6.45) is 11.9. The Morgan fingerprint density at radius 3 is 2.78 bits per heavy atom. The number of aliphatic hydroxyl groups excluding tert-OH is 1. The number of ether oxygens (including phenoxy) is 5. The number of H-pyrrole nitrogens is 1. The number of allylic oxidation sites excluding steroid dienone is 4. The fraction of sp³-hybridized carbons (Fsp3) is 0.611. The molecule has 10 atom stereocenters. The van der Waals surface area contributed by atoms with Crippen molar-refractivity contribution in [3.05, 3.63) is 71.1 Å². The first-order valence-electron chi connectivity index (χ1n) is 16.6. The van der Waals surface area contributed by atoms with Crippen molar-refractivity contribution in [3.8, 4) is 0 Å². The average Bonchev–Trinajstić information content (AvgIpc) is 3.66. The van der Waals surface area contributed by atoms with Crippen molar-refractivity contribution in [2.45, 2.75) is 108 Å². The van der Waals surface area contributed by atoms with Crippen LogP contribution in [0.3, 0.4) is 0 Å². The number of carbonyl (C=O) groups excluding carboxylic acids is 2. The summed E-state index contributed by atoms with van der Waals surface area (Å²) >= 11 is 0. The molecule has 1 spiro atoms.